The zero-order valence-corrected chi connectivity index (χ0v) is 37.7. The molecule has 71 heavy (non-hydrogen) atoms. The van der Waals surface area contributed by atoms with Crippen LogP contribution in [0, 0.1) is 0 Å². The first-order chi connectivity index (χ1) is 34.1. The van der Waals surface area contributed by atoms with E-state index in [4.69, 9.17) is 33.8 Å². The molecule has 1 fully saturated rings. The lowest BCUT2D eigenvalue weighted by Gasteiger charge is -2.27. The minimum atomic E-state index is -4.46. The predicted octanol–water partition coefficient (Wildman–Crippen LogP) is 3.64. The summed E-state index contributed by atoms with van der Waals surface area (Å²) in [5, 5.41) is 11.1. The fourth-order valence-corrected chi connectivity index (χ4v) is 7.13. The molecule has 0 aliphatic carbocycles. The molecule has 0 saturated carbocycles. The van der Waals surface area contributed by atoms with Crippen LogP contribution in [0.3, 0.4) is 0 Å². The fraction of sp³-hybridized carbons (Fsp3) is 0.348. The van der Waals surface area contributed by atoms with Crippen molar-refractivity contribution in [1.82, 2.24) is 30.0 Å². The van der Waals surface area contributed by atoms with E-state index in [1.165, 1.54) is 47.4 Å². The van der Waals surface area contributed by atoms with Gasteiger partial charge in [0.25, 0.3) is 23.6 Å². The molecule has 5 aromatic rings. The van der Waals surface area contributed by atoms with E-state index in [-0.39, 0.29) is 89.5 Å². The second-order valence-corrected chi connectivity index (χ2v) is 15.7. The molecule has 1 atom stereocenters. The Hall–Kier alpha value is -7.87. The van der Waals surface area contributed by atoms with Gasteiger partial charge in [0.2, 0.25) is 17.7 Å². The van der Waals surface area contributed by atoms with Gasteiger partial charge in [-0.2, -0.15) is 18.3 Å². The second kappa shape index (κ2) is 23.6. The highest BCUT2D eigenvalue weighted by atomic mass is 19.4. The number of aromatic nitrogens is 4. The Morgan fingerprint density at radius 2 is 1.62 bits per heavy atom. The van der Waals surface area contributed by atoms with E-state index in [0.717, 1.165) is 16.7 Å². The van der Waals surface area contributed by atoms with Crippen molar-refractivity contribution >= 4 is 52.7 Å². The van der Waals surface area contributed by atoms with Gasteiger partial charge in [0.1, 0.15) is 37.0 Å². The van der Waals surface area contributed by atoms with Crippen LogP contribution >= 0.6 is 0 Å². The number of carbonyl (C=O) groups is 7. The number of piperidine rings is 1. The number of oxazole rings is 1. The first-order valence-electron chi connectivity index (χ1n) is 22.0. The molecule has 3 aromatic heterocycles. The lowest BCUT2D eigenvalue weighted by molar-refractivity contribution is -0.136. The molecule has 7 rings (SSSR count). The van der Waals surface area contributed by atoms with Crippen LogP contribution in [0.25, 0.3) is 17.1 Å². The van der Waals surface area contributed by atoms with E-state index in [1.807, 2.05) is 0 Å². The molecule has 0 spiro atoms. The molecule has 6 amide bonds. The van der Waals surface area contributed by atoms with Gasteiger partial charge < -0.3 is 44.5 Å². The maximum Gasteiger partial charge on any atom is 0.405 e. The fourth-order valence-electron chi connectivity index (χ4n) is 7.13. The molecule has 2 aliphatic rings. The van der Waals surface area contributed by atoms with E-state index < -0.39 is 54.2 Å². The lowest BCUT2D eigenvalue weighted by Crippen LogP contribution is -2.54. The number of rotatable bonds is 26. The molecule has 2 aliphatic heterocycles. The van der Waals surface area contributed by atoms with Gasteiger partial charge in [0.15, 0.2) is 17.2 Å². The van der Waals surface area contributed by atoms with Gasteiger partial charge in [-0.3, -0.25) is 43.8 Å². The number of benzene rings is 2. The number of nitrogens with zero attached hydrogens (tertiary/aromatic N) is 5. The Balaban J connectivity index is 0.728. The lowest BCUT2D eigenvalue weighted by atomic mass is 10.0. The molecule has 25 heteroatoms. The van der Waals surface area contributed by atoms with Crippen molar-refractivity contribution in [2.24, 2.45) is 5.73 Å². The van der Waals surface area contributed by atoms with E-state index in [1.54, 1.807) is 24.3 Å². The Morgan fingerprint density at radius 3 is 2.32 bits per heavy atom. The molecule has 0 radical (unpaired) electrons. The molecule has 5 heterocycles. The molecule has 2 aromatic carbocycles. The summed E-state index contributed by atoms with van der Waals surface area (Å²) in [4.78, 5) is 96.7. The van der Waals surface area contributed by atoms with Crippen LogP contribution in [0.15, 0.2) is 77.7 Å². The number of carbonyl (C=O) groups excluding carboxylic acids is 7. The number of hydrogen-bond acceptors (Lipinski definition) is 17. The van der Waals surface area contributed by atoms with Crippen molar-refractivity contribution in [2.45, 2.75) is 44.5 Å². The molecule has 1 unspecified atom stereocenters. The van der Waals surface area contributed by atoms with Crippen molar-refractivity contribution in [3.63, 3.8) is 0 Å². The number of imide groups is 2. The van der Waals surface area contributed by atoms with Gasteiger partial charge in [-0.1, -0.05) is 18.2 Å². The number of hydrogen-bond donors (Lipinski definition) is 4. The minimum Gasteiger partial charge on any atom is -0.485 e. The van der Waals surface area contributed by atoms with E-state index in [2.05, 4.69) is 31.0 Å². The first kappa shape index (κ1) is 51.0. The Labute approximate surface area is 401 Å². The van der Waals surface area contributed by atoms with Crippen LogP contribution in [-0.2, 0) is 39.9 Å². The highest BCUT2D eigenvalue weighted by molar-refractivity contribution is 6.24. The topological polar surface area (TPSA) is 288 Å². The van der Waals surface area contributed by atoms with Gasteiger partial charge >= 0.3 is 6.18 Å². The highest BCUT2D eigenvalue weighted by Gasteiger charge is 2.46. The van der Waals surface area contributed by atoms with Crippen molar-refractivity contribution < 1.29 is 74.8 Å². The summed E-state index contributed by atoms with van der Waals surface area (Å²) in [5.74, 6) is -4.60. The van der Waals surface area contributed by atoms with Crippen LogP contribution in [-0.4, -0.2) is 137 Å². The number of amides is 6. The van der Waals surface area contributed by atoms with Crippen molar-refractivity contribution in [3.05, 3.63) is 101 Å². The summed E-state index contributed by atoms with van der Waals surface area (Å²) in [7, 11) is 0. The molecule has 1 saturated heterocycles. The molecule has 5 N–H and O–H groups in total. The monoisotopic (exact) mass is 989 g/mol. The van der Waals surface area contributed by atoms with Crippen LogP contribution in [0.4, 0.5) is 24.7 Å². The summed E-state index contributed by atoms with van der Waals surface area (Å²) in [6, 6.07) is 13.1. The zero-order valence-electron chi connectivity index (χ0n) is 37.7. The van der Waals surface area contributed by atoms with Gasteiger partial charge in [0, 0.05) is 31.2 Å². The first-order valence-corrected chi connectivity index (χ1v) is 22.0. The minimum absolute atomic E-state index is 0.00525. The number of ether oxygens (including phenoxy) is 5. The molecule has 22 nitrogen and oxygen atoms in total. The summed E-state index contributed by atoms with van der Waals surface area (Å²) in [6.45, 7) is 0.831. The third-order valence-corrected chi connectivity index (χ3v) is 10.6. The number of nitrogens with one attached hydrogen (secondary N) is 3. The number of pyridine rings is 1. The SMILES string of the molecule is NC(=O)c1nn(-c2ccc(COCCOCCOCCOCCCC(=O)COc3cccc4c3C(=O)N(C3CCC(=O)NC3=O)C4=O)cc2)cc1NC(=O)c1coc(-c2ccnc(NCC(F)(F)F)c2)n1. The van der Waals surface area contributed by atoms with Gasteiger partial charge in [0.05, 0.1) is 74.9 Å². The van der Waals surface area contributed by atoms with E-state index >= 15 is 0 Å². The van der Waals surface area contributed by atoms with Crippen molar-refractivity contribution in [1.29, 1.82) is 0 Å². The quantitative estimate of drug-likeness (QED) is 0.0454. The number of primary amides is 1. The van der Waals surface area contributed by atoms with Crippen molar-refractivity contribution in [2.75, 3.05) is 70.0 Å². The number of anilines is 2. The molecule has 374 valence electrons. The van der Waals surface area contributed by atoms with Crippen LogP contribution in [0.1, 0.15) is 72.9 Å². The summed E-state index contributed by atoms with van der Waals surface area (Å²) < 4.78 is 72.5. The number of fused-ring (bicyclic) bond motifs is 1. The average molecular weight is 990 g/mol. The van der Waals surface area contributed by atoms with E-state index in [9.17, 15) is 46.7 Å². The summed E-state index contributed by atoms with van der Waals surface area (Å²) >= 11 is 0. The Morgan fingerprint density at radius 1 is 0.901 bits per heavy atom. The zero-order chi connectivity index (χ0) is 50.5. The normalized spacial score (nSPS) is 14.6. The number of alkyl halides is 3. The van der Waals surface area contributed by atoms with E-state index in [0.29, 0.717) is 58.4 Å². The van der Waals surface area contributed by atoms with Crippen LogP contribution in [0.2, 0.25) is 0 Å². The third-order valence-electron chi connectivity index (χ3n) is 10.6. The largest absolute Gasteiger partial charge is 0.485 e. The van der Waals surface area contributed by atoms with Crippen LogP contribution < -0.4 is 26.4 Å². The molecular weight excluding hydrogens is 944 g/mol. The summed E-state index contributed by atoms with van der Waals surface area (Å²) in [6.07, 6.45) is -0.181. The number of nitrogens with two attached hydrogens (primary N) is 1. The number of Topliss-reactive ketones (excluding diaryl/α,β-unsaturated/α-hetero) is 1. The van der Waals surface area contributed by atoms with Crippen LogP contribution in [0.5, 0.6) is 5.75 Å². The van der Waals surface area contributed by atoms with Gasteiger partial charge in [-0.25, -0.2) is 14.6 Å². The predicted molar refractivity (Wildman–Crippen MR) is 239 cm³/mol. The maximum absolute atomic E-state index is 13.2. The molecule has 0 bridgehead atoms. The van der Waals surface area contributed by atoms with Crippen molar-refractivity contribution in [3.8, 4) is 22.9 Å². The number of halogens is 3. The smallest absolute Gasteiger partial charge is 0.405 e. The maximum atomic E-state index is 13.2. The van der Waals surface area contributed by atoms with Gasteiger partial charge in [-0.05, 0) is 54.8 Å². The Bertz CT molecular complexity index is 2760. The molecular formula is C46H46F3N9O13. The standard InChI is InChI=1S/C46H46F3N9O13/c47-46(48,49)26-52-36-21-28(12-13-51-36)43-54-33(25-71-43)41(62)53-32-22-57(56-39(32)40(50)61)29-8-6-27(7-9-29)23-69-20-19-68-18-17-67-16-15-66-14-2-3-30(59)24-70-35-5-1-4-31-38(35)45(65)58(44(31)64)34-10-11-37(60)55-42(34)63/h1,4-9,12-13,21-22,25,34H,2-3,10-11,14-20,23-24,26H2,(H2,50,61)(H,51,52)(H,53,62)(H,55,60,63). The highest BCUT2D eigenvalue weighted by Crippen LogP contribution is 2.34. The number of ketones is 1. The Kier molecular flexibility index (Phi) is 17.0. The third kappa shape index (κ3) is 13.7. The van der Waals surface area contributed by atoms with Gasteiger partial charge in [-0.15, -0.1) is 0 Å². The average Bonchev–Trinajstić information content (AvgIpc) is 4.08. The summed E-state index contributed by atoms with van der Waals surface area (Å²) in [5.41, 5.74) is 6.76. The second-order valence-electron chi connectivity index (χ2n) is 15.7.